The van der Waals surface area contributed by atoms with Crippen molar-refractivity contribution in [2.75, 3.05) is 53.0 Å². The van der Waals surface area contributed by atoms with E-state index in [0.717, 1.165) is 45.3 Å². The Kier molecular flexibility index (Phi) is 7.69. The van der Waals surface area contributed by atoms with Crippen molar-refractivity contribution in [2.24, 2.45) is 7.05 Å². The summed E-state index contributed by atoms with van der Waals surface area (Å²) in [6, 6.07) is 8.02. The highest BCUT2D eigenvalue weighted by Gasteiger charge is 2.33. The molecule has 0 bridgehead atoms. The third kappa shape index (κ3) is 5.81. The van der Waals surface area contributed by atoms with Gasteiger partial charge in [0, 0.05) is 52.4 Å². The van der Waals surface area contributed by atoms with Crippen LogP contribution >= 0.6 is 0 Å². The van der Waals surface area contributed by atoms with Gasteiger partial charge in [-0.3, -0.25) is 4.90 Å². The molecule has 3 aromatic rings. The Hall–Kier alpha value is -3.00. The first-order valence-corrected chi connectivity index (χ1v) is 11.7. The van der Waals surface area contributed by atoms with Gasteiger partial charge in [-0.05, 0) is 37.1 Å². The number of hydrogen-bond donors (Lipinski definition) is 0. The van der Waals surface area contributed by atoms with Crippen LogP contribution in [0.5, 0.6) is 0 Å². The fourth-order valence-corrected chi connectivity index (χ4v) is 4.52. The highest BCUT2D eigenvalue weighted by Crippen LogP contribution is 2.36. The first-order valence-electron chi connectivity index (χ1n) is 11.7. The van der Waals surface area contributed by atoms with Crippen molar-refractivity contribution in [3.63, 3.8) is 0 Å². The molecule has 10 heteroatoms. The van der Waals surface area contributed by atoms with Crippen LogP contribution in [0.1, 0.15) is 23.2 Å². The van der Waals surface area contributed by atoms with Crippen LogP contribution in [0.25, 0.3) is 22.3 Å². The van der Waals surface area contributed by atoms with Crippen molar-refractivity contribution in [3.8, 4) is 17.3 Å². The average Bonchev–Trinajstić information content (AvgIpc) is 3.23. The molecule has 186 valence electrons. The van der Waals surface area contributed by atoms with Gasteiger partial charge in [-0.1, -0.05) is 12.1 Å². The van der Waals surface area contributed by atoms with Gasteiger partial charge < -0.3 is 14.2 Å². The minimum absolute atomic E-state index is 0.0954. The summed E-state index contributed by atoms with van der Waals surface area (Å²) in [6.45, 7) is 6.11. The number of hydrogen-bond acceptors (Lipinski definition) is 6. The lowest BCUT2D eigenvalue weighted by atomic mass is 9.97. The Morgan fingerprint density at radius 1 is 1.09 bits per heavy atom. The standard InChI is InChI=1S/C25H29F3N6O/c1-32-17-30-24-22(16-29)31-21(15-23(24)32)19-6-5-18(20(14-19)25(26,27)28)4-3-7-33-8-10-34(11-9-33)12-13-35-2/h5-6,14-15,17H,3-4,7-13H2,1-2H3. The number of benzene rings is 1. The molecular weight excluding hydrogens is 457 g/mol. The number of methoxy groups -OCH3 is 1. The topological polar surface area (TPSA) is 70.2 Å². The number of nitrogens with zero attached hydrogens (tertiary/aromatic N) is 6. The van der Waals surface area contributed by atoms with Crippen LogP contribution < -0.4 is 0 Å². The van der Waals surface area contributed by atoms with Gasteiger partial charge in [0.05, 0.1) is 29.7 Å². The van der Waals surface area contributed by atoms with Crippen molar-refractivity contribution in [2.45, 2.75) is 19.0 Å². The second kappa shape index (κ2) is 10.7. The van der Waals surface area contributed by atoms with Crippen LogP contribution in [-0.4, -0.2) is 77.3 Å². The van der Waals surface area contributed by atoms with E-state index in [-0.39, 0.29) is 11.3 Å². The number of pyridine rings is 1. The SMILES string of the molecule is COCCN1CCN(CCCc2ccc(-c3cc4c(ncn4C)c(C#N)n3)cc2C(F)(F)F)CC1. The minimum Gasteiger partial charge on any atom is -0.383 e. The molecule has 1 aromatic carbocycles. The van der Waals surface area contributed by atoms with Crippen LogP contribution in [0.4, 0.5) is 13.2 Å². The van der Waals surface area contributed by atoms with Crippen molar-refractivity contribution in [3.05, 3.63) is 47.4 Å². The summed E-state index contributed by atoms with van der Waals surface area (Å²) in [5.41, 5.74) is 1.45. The number of ether oxygens (including phenoxy) is 1. The van der Waals surface area contributed by atoms with Crippen molar-refractivity contribution < 1.29 is 17.9 Å². The van der Waals surface area contributed by atoms with E-state index in [1.54, 1.807) is 43.3 Å². The first-order chi connectivity index (χ1) is 16.8. The third-order valence-electron chi connectivity index (χ3n) is 6.53. The number of piperazine rings is 1. The van der Waals surface area contributed by atoms with Gasteiger partial charge in [0.1, 0.15) is 11.6 Å². The van der Waals surface area contributed by atoms with Gasteiger partial charge in [0.15, 0.2) is 5.69 Å². The lowest BCUT2D eigenvalue weighted by Crippen LogP contribution is -2.47. The molecule has 1 aliphatic heterocycles. The van der Waals surface area contributed by atoms with Crippen molar-refractivity contribution >= 4 is 11.0 Å². The van der Waals surface area contributed by atoms with Gasteiger partial charge in [-0.2, -0.15) is 18.4 Å². The van der Waals surface area contributed by atoms with Crippen LogP contribution in [0.3, 0.4) is 0 Å². The van der Waals surface area contributed by atoms with Crippen LogP contribution in [-0.2, 0) is 24.4 Å². The predicted octanol–water partition coefficient (Wildman–Crippen LogP) is 3.72. The maximum absolute atomic E-state index is 14.0. The largest absolute Gasteiger partial charge is 0.416 e. The Morgan fingerprint density at radius 2 is 1.80 bits per heavy atom. The smallest absolute Gasteiger partial charge is 0.383 e. The molecule has 0 unspecified atom stereocenters. The Morgan fingerprint density at radius 3 is 2.46 bits per heavy atom. The molecule has 35 heavy (non-hydrogen) atoms. The molecule has 0 saturated carbocycles. The van der Waals surface area contributed by atoms with E-state index in [1.807, 2.05) is 6.07 Å². The lowest BCUT2D eigenvalue weighted by Gasteiger charge is -2.34. The van der Waals surface area contributed by atoms with Gasteiger partial charge >= 0.3 is 6.18 Å². The highest BCUT2D eigenvalue weighted by molar-refractivity contribution is 5.84. The molecule has 4 rings (SSSR count). The quantitative estimate of drug-likeness (QED) is 0.483. The Balaban J connectivity index is 1.48. The highest BCUT2D eigenvalue weighted by atomic mass is 19.4. The molecule has 0 atom stereocenters. The molecule has 7 nitrogen and oxygen atoms in total. The number of halogens is 3. The number of aryl methyl sites for hydroxylation is 2. The zero-order valence-electron chi connectivity index (χ0n) is 20.0. The van der Waals surface area contributed by atoms with E-state index in [0.29, 0.717) is 41.7 Å². The number of rotatable bonds is 8. The number of fused-ring (bicyclic) bond motifs is 1. The van der Waals surface area contributed by atoms with Gasteiger partial charge in [0.25, 0.3) is 0 Å². The molecule has 1 fully saturated rings. The summed E-state index contributed by atoms with van der Waals surface area (Å²) < 4.78 is 48.8. The van der Waals surface area contributed by atoms with Crippen molar-refractivity contribution in [1.82, 2.24) is 24.3 Å². The molecule has 0 spiro atoms. The van der Waals surface area contributed by atoms with Crippen LogP contribution in [0.2, 0.25) is 0 Å². The van der Waals surface area contributed by atoms with E-state index >= 15 is 0 Å². The number of imidazole rings is 1. The summed E-state index contributed by atoms with van der Waals surface area (Å²) in [5.74, 6) is 0. The fraction of sp³-hybridized carbons (Fsp3) is 0.480. The second-order valence-corrected chi connectivity index (χ2v) is 8.84. The van der Waals surface area contributed by atoms with Crippen molar-refractivity contribution in [1.29, 1.82) is 5.26 Å². The monoisotopic (exact) mass is 486 g/mol. The third-order valence-corrected chi connectivity index (χ3v) is 6.53. The summed E-state index contributed by atoms with van der Waals surface area (Å²) in [7, 11) is 3.46. The number of nitriles is 1. The normalized spacial score (nSPS) is 15.5. The second-order valence-electron chi connectivity index (χ2n) is 8.84. The zero-order valence-corrected chi connectivity index (χ0v) is 20.0. The number of aromatic nitrogens is 3. The van der Waals surface area contributed by atoms with Gasteiger partial charge in [0.2, 0.25) is 0 Å². The fourth-order valence-electron chi connectivity index (χ4n) is 4.52. The van der Waals surface area contributed by atoms with E-state index in [4.69, 9.17) is 4.74 Å². The Bertz CT molecular complexity index is 1210. The maximum atomic E-state index is 14.0. The van der Waals surface area contributed by atoms with Gasteiger partial charge in [-0.25, -0.2) is 9.97 Å². The molecule has 0 radical (unpaired) electrons. The molecule has 2 aromatic heterocycles. The van der Waals surface area contributed by atoms with E-state index in [9.17, 15) is 18.4 Å². The maximum Gasteiger partial charge on any atom is 0.416 e. The summed E-state index contributed by atoms with van der Waals surface area (Å²) in [5, 5.41) is 9.45. The van der Waals surface area contributed by atoms with Crippen LogP contribution in [0, 0.1) is 11.3 Å². The summed E-state index contributed by atoms with van der Waals surface area (Å²) >= 11 is 0. The predicted molar refractivity (Wildman–Crippen MR) is 127 cm³/mol. The molecule has 1 aliphatic rings. The zero-order chi connectivity index (χ0) is 25.0. The van der Waals surface area contributed by atoms with E-state index in [2.05, 4.69) is 19.8 Å². The molecular formula is C25H29F3N6O. The molecule has 0 N–H and O–H groups in total. The molecule has 0 aliphatic carbocycles. The summed E-state index contributed by atoms with van der Waals surface area (Å²) in [4.78, 5) is 13.1. The number of alkyl halides is 3. The average molecular weight is 487 g/mol. The van der Waals surface area contributed by atoms with E-state index in [1.165, 1.54) is 0 Å². The van der Waals surface area contributed by atoms with Crippen LogP contribution in [0.15, 0.2) is 30.6 Å². The van der Waals surface area contributed by atoms with Gasteiger partial charge in [-0.15, -0.1) is 0 Å². The minimum atomic E-state index is -4.48. The first kappa shape index (κ1) is 25.1. The molecule has 1 saturated heterocycles. The molecule has 0 amide bonds. The molecule has 3 heterocycles. The lowest BCUT2D eigenvalue weighted by molar-refractivity contribution is -0.138. The summed E-state index contributed by atoms with van der Waals surface area (Å²) in [6.07, 6.45) is -1.93. The Labute approximate surface area is 202 Å². The van der Waals surface area contributed by atoms with E-state index < -0.39 is 11.7 Å².